The standard InChI is InChI=1S/C10H12O6S/c11-5-1-4(10(15)16)2-6(12)8(5)9(14)7(13)3-17/h1-2,7,9,11-14,17H,3H2,(H,15,16). The molecule has 1 aromatic carbocycles. The third-order valence-electron chi connectivity index (χ3n) is 2.23. The van der Waals surface area contributed by atoms with Gasteiger partial charge in [0.1, 0.15) is 17.6 Å². The van der Waals surface area contributed by atoms with E-state index < -0.39 is 29.7 Å². The first kappa shape index (κ1) is 13.6. The highest BCUT2D eigenvalue weighted by molar-refractivity contribution is 7.80. The summed E-state index contributed by atoms with van der Waals surface area (Å²) >= 11 is 3.76. The number of aliphatic hydroxyl groups is 2. The van der Waals surface area contributed by atoms with Crippen molar-refractivity contribution in [1.29, 1.82) is 0 Å². The van der Waals surface area contributed by atoms with Crippen LogP contribution in [0.25, 0.3) is 0 Å². The Morgan fingerprint density at radius 2 is 1.71 bits per heavy atom. The second-order valence-electron chi connectivity index (χ2n) is 3.43. The molecule has 6 nitrogen and oxygen atoms in total. The molecule has 0 bridgehead atoms. The third-order valence-corrected chi connectivity index (χ3v) is 2.60. The lowest BCUT2D eigenvalue weighted by atomic mass is 10.0. The lowest BCUT2D eigenvalue weighted by molar-refractivity contribution is 0.0307. The maximum atomic E-state index is 10.6. The minimum absolute atomic E-state index is 0.0826. The summed E-state index contributed by atoms with van der Waals surface area (Å²) in [5, 5.41) is 46.7. The molecule has 0 aliphatic carbocycles. The zero-order valence-electron chi connectivity index (χ0n) is 8.61. The van der Waals surface area contributed by atoms with Crippen LogP contribution < -0.4 is 0 Å². The molecule has 2 unspecified atom stereocenters. The molecule has 17 heavy (non-hydrogen) atoms. The predicted molar refractivity (Wildman–Crippen MR) is 61.6 cm³/mol. The Hall–Kier alpha value is -1.44. The number of thiol groups is 1. The number of hydrogen-bond acceptors (Lipinski definition) is 6. The summed E-state index contributed by atoms with van der Waals surface area (Å²) in [6.45, 7) is 0. The molecule has 94 valence electrons. The predicted octanol–water partition coefficient (Wildman–Crippen LogP) is 0.120. The zero-order chi connectivity index (χ0) is 13.2. The van der Waals surface area contributed by atoms with Gasteiger partial charge in [-0.1, -0.05) is 0 Å². The van der Waals surface area contributed by atoms with Gasteiger partial charge in [0.05, 0.1) is 17.2 Å². The number of aliphatic hydroxyl groups excluding tert-OH is 2. The molecule has 0 aromatic heterocycles. The quantitative estimate of drug-likeness (QED) is 0.428. The molecule has 1 aromatic rings. The molecule has 0 aliphatic heterocycles. The molecule has 0 amide bonds. The van der Waals surface area contributed by atoms with E-state index in [2.05, 4.69) is 12.6 Å². The fourth-order valence-corrected chi connectivity index (χ4v) is 1.54. The molecule has 0 spiro atoms. The molecule has 0 aliphatic rings. The Morgan fingerprint density at radius 1 is 1.24 bits per heavy atom. The van der Waals surface area contributed by atoms with Crippen LogP contribution in [0.15, 0.2) is 12.1 Å². The molecule has 0 fully saturated rings. The number of carboxylic acids is 1. The SMILES string of the molecule is O=C(O)c1cc(O)c(C(O)C(O)CS)c(O)c1. The van der Waals surface area contributed by atoms with Gasteiger partial charge < -0.3 is 25.5 Å². The Morgan fingerprint density at radius 3 is 2.06 bits per heavy atom. The highest BCUT2D eigenvalue weighted by atomic mass is 32.1. The van der Waals surface area contributed by atoms with Gasteiger partial charge in [-0.15, -0.1) is 0 Å². The third kappa shape index (κ3) is 2.82. The molecule has 0 radical (unpaired) electrons. The Balaban J connectivity index is 3.22. The van der Waals surface area contributed by atoms with Crippen molar-refractivity contribution >= 4 is 18.6 Å². The first-order valence-electron chi connectivity index (χ1n) is 4.64. The average Bonchev–Trinajstić information content (AvgIpc) is 2.26. The van der Waals surface area contributed by atoms with Gasteiger partial charge >= 0.3 is 5.97 Å². The number of rotatable bonds is 4. The number of phenolic OH excluding ortho intramolecular Hbond substituents is 2. The molecule has 0 saturated carbocycles. The summed E-state index contributed by atoms with van der Waals surface area (Å²) in [5.41, 5.74) is -0.645. The Labute approximate surface area is 102 Å². The number of phenols is 2. The topological polar surface area (TPSA) is 118 Å². The van der Waals surface area contributed by atoms with Crippen molar-refractivity contribution in [2.75, 3.05) is 5.75 Å². The average molecular weight is 260 g/mol. The molecule has 2 atom stereocenters. The summed E-state index contributed by atoms with van der Waals surface area (Å²) in [6.07, 6.45) is -2.83. The summed E-state index contributed by atoms with van der Waals surface area (Å²) in [7, 11) is 0. The number of aromatic hydroxyl groups is 2. The summed E-state index contributed by atoms with van der Waals surface area (Å²) in [4.78, 5) is 10.6. The van der Waals surface area contributed by atoms with E-state index in [1.807, 2.05) is 0 Å². The minimum atomic E-state index is -1.55. The maximum Gasteiger partial charge on any atom is 0.335 e. The van der Waals surface area contributed by atoms with Gasteiger partial charge in [0.2, 0.25) is 0 Å². The number of carbonyl (C=O) groups is 1. The van der Waals surface area contributed by atoms with Crippen molar-refractivity contribution < 1.29 is 30.3 Å². The van der Waals surface area contributed by atoms with Crippen LogP contribution in [-0.2, 0) is 0 Å². The van der Waals surface area contributed by atoms with E-state index in [1.165, 1.54) is 0 Å². The first-order valence-corrected chi connectivity index (χ1v) is 5.27. The highest BCUT2D eigenvalue weighted by Crippen LogP contribution is 2.35. The van der Waals surface area contributed by atoms with Crippen molar-refractivity contribution in [2.24, 2.45) is 0 Å². The normalized spacial score (nSPS) is 14.3. The Kier molecular flexibility index (Phi) is 4.22. The van der Waals surface area contributed by atoms with Crippen LogP contribution in [0.1, 0.15) is 22.0 Å². The molecule has 7 heteroatoms. The van der Waals surface area contributed by atoms with E-state index in [0.717, 1.165) is 12.1 Å². The van der Waals surface area contributed by atoms with Gasteiger partial charge in [0.25, 0.3) is 0 Å². The van der Waals surface area contributed by atoms with E-state index in [4.69, 9.17) is 5.11 Å². The zero-order valence-corrected chi connectivity index (χ0v) is 9.50. The fourth-order valence-electron chi connectivity index (χ4n) is 1.34. The number of hydrogen-bond donors (Lipinski definition) is 6. The van der Waals surface area contributed by atoms with E-state index in [1.54, 1.807) is 0 Å². The summed E-state index contributed by atoms with van der Waals surface area (Å²) < 4.78 is 0. The van der Waals surface area contributed by atoms with Crippen LogP contribution in [0.5, 0.6) is 11.5 Å². The van der Waals surface area contributed by atoms with Gasteiger partial charge in [0, 0.05) is 5.75 Å². The molecular formula is C10H12O6S. The molecule has 0 saturated heterocycles. The second-order valence-corrected chi connectivity index (χ2v) is 3.79. The second kappa shape index (κ2) is 5.26. The lowest BCUT2D eigenvalue weighted by Gasteiger charge is -2.18. The van der Waals surface area contributed by atoms with Crippen LogP contribution in [-0.4, -0.2) is 43.4 Å². The van der Waals surface area contributed by atoms with Crippen LogP contribution in [0.4, 0.5) is 0 Å². The highest BCUT2D eigenvalue weighted by Gasteiger charge is 2.25. The smallest absolute Gasteiger partial charge is 0.335 e. The van der Waals surface area contributed by atoms with Crippen molar-refractivity contribution in [1.82, 2.24) is 0 Å². The largest absolute Gasteiger partial charge is 0.507 e. The fraction of sp³-hybridized carbons (Fsp3) is 0.300. The molecule has 5 N–H and O–H groups in total. The molecular weight excluding hydrogens is 248 g/mol. The first-order chi connectivity index (χ1) is 7.88. The van der Waals surface area contributed by atoms with Gasteiger partial charge in [-0.25, -0.2) is 4.79 Å². The van der Waals surface area contributed by atoms with E-state index in [-0.39, 0.29) is 16.9 Å². The number of aromatic carboxylic acids is 1. The van der Waals surface area contributed by atoms with Gasteiger partial charge in [-0.3, -0.25) is 0 Å². The summed E-state index contributed by atoms with van der Waals surface area (Å²) in [5.74, 6) is -2.61. The van der Waals surface area contributed by atoms with Crippen molar-refractivity contribution in [2.45, 2.75) is 12.2 Å². The van der Waals surface area contributed by atoms with Crippen LogP contribution >= 0.6 is 12.6 Å². The van der Waals surface area contributed by atoms with Crippen LogP contribution in [0, 0.1) is 0 Å². The minimum Gasteiger partial charge on any atom is -0.507 e. The molecule has 0 heterocycles. The van der Waals surface area contributed by atoms with E-state index in [0.29, 0.717) is 0 Å². The van der Waals surface area contributed by atoms with Crippen LogP contribution in [0.3, 0.4) is 0 Å². The van der Waals surface area contributed by atoms with Crippen LogP contribution in [0.2, 0.25) is 0 Å². The van der Waals surface area contributed by atoms with Gasteiger partial charge in [-0.05, 0) is 12.1 Å². The Bertz CT molecular complexity index is 410. The maximum absolute atomic E-state index is 10.6. The monoisotopic (exact) mass is 260 g/mol. The van der Waals surface area contributed by atoms with Gasteiger partial charge in [-0.2, -0.15) is 12.6 Å². The summed E-state index contributed by atoms with van der Waals surface area (Å²) in [6, 6.07) is 1.76. The van der Waals surface area contributed by atoms with Gasteiger partial charge in [0.15, 0.2) is 0 Å². The van der Waals surface area contributed by atoms with Crippen molar-refractivity contribution in [3.63, 3.8) is 0 Å². The lowest BCUT2D eigenvalue weighted by Crippen LogP contribution is -2.20. The van der Waals surface area contributed by atoms with E-state index in [9.17, 15) is 25.2 Å². The molecule has 1 rings (SSSR count). The van der Waals surface area contributed by atoms with E-state index >= 15 is 0 Å². The number of benzene rings is 1. The van der Waals surface area contributed by atoms with Crippen molar-refractivity contribution in [3.8, 4) is 11.5 Å². The number of carboxylic acid groups (broad SMARTS) is 1. The van der Waals surface area contributed by atoms with Crippen molar-refractivity contribution in [3.05, 3.63) is 23.3 Å².